The van der Waals surface area contributed by atoms with Gasteiger partial charge in [0, 0.05) is 6.10 Å². The lowest BCUT2D eigenvalue weighted by atomic mass is 10.1. The van der Waals surface area contributed by atoms with Gasteiger partial charge in [0.15, 0.2) is 8.32 Å². The summed E-state index contributed by atoms with van der Waals surface area (Å²) in [7, 11) is -1.57. The lowest BCUT2D eigenvalue weighted by molar-refractivity contribution is 0.185. The Hall–Kier alpha value is 0.177. The van der Waals surface area contributed by atoms with Crippen LogP contribution in [0.3, 0.4) is 0 Å². The maximum absolute atomic E-state index is 6.42. The van der Waals surface area contributed by atoms with Crippen LogP contribution in [0.4, 0.5) is 0 Å². The predicted octanol–water partition coefficient (Wildman–Crippen LogP) is 7.71. The molecule has 0 aliphatic heterocycles. The highest BCUT2D eigenvalue weighted by molar-refractivity contribution is 6.74. The highest BCUT2D eigenvalue weighted by Crippen LogP contribution is 2.37. The molecule has 1 atom stereocenters. The molecule has 0 N–H and O–H groups in total. The number of rotatable bonds is 13. The minimum Gasteiger partial charge on any atom is -0.414 e. The van der Waals surface area contributed by atoms with Gasteiger partial charge in [-0.3, -0.25) is 0 Å². The molecule has 134 valence electrons. The van der Waals surface area contributed by atoms with Gasteiger partial charge in [-0.15, -0.1) is 0 Å². The number of hydrogen-bond acceptors (Lipinski definition) is 1. The van der Waals surface area contributed by atoms with Crippen molar-refractivity contribution >= 4 is 8.32 Å². The zero-order valence-corrected chi connectivity index (χ0v) is 17.8. The fraction of sp³-hybridized carbons (Fsp3) is 1.00. The van der Waals surface area contributed by atoms with Gasteiger partial charge in [0.1, 0.15) is 0 Å². The van der Waals surface area contributed by atoms with Gasteiger partial charge < -0.3 is 4.43 Å². The second-order valence-corrected chi connectivity index (χ2v) is 13.4. The minimum absolute atomic E-state index is 0.332. The Balaban J connectivity index is 3.52. The van der Waals surface area contributed by atoms with E-state index in [0.29, 0.717) is 11.1 Å². The predicted molar refractivity (Wildman–Crippen MR) is 104 cm³/mol. The summed E-state index contributed by atoms with van der Waals surface area (Å²) < 4.78 is 6.42. The fourth-order valence-corrected chi connectivity index (χ4v) is 4.14. The van der Waals surface area contributed by atoms with Crippen molar-refractivity contribution in [1.82, 2.24) is 0 Å². The van der Waals surface area contributed by atoms with Gasteiger partial charge in [0.2, 0.25) is 0 Å². The first kappa shape index (κ1) is 22.2. The molecule has 0 fully saturated rings. The van der Waals surface area contributed by atoms with E-state index in [1.54, 1.807) is 0 Å². The van der Waals surface area contributed by atoms with E-state index in [-0.39, 0.29) is 0 Å². The van der Waals surface area contributed by atoms with Crippen LogP contribution in [0.5, 0.6) is 0 Å². The Morgan fingerprint density at radius 3 is 1.59 bits per heavy atom. The first-order chi connectivity index (χ1) is 10.2. The zero-order valence-electron chi connectivity index (χ0n) is 16.8. The summed E-state index contributed by atoms with van der Waals surface area (Å²) in [6, 6.07) is 0. The van der Waals surface area contributed by atoms with Crippen molar-refractivity contribution in [3.05, 3.63) is 0 Å². The van der Waals surface area contributed by atoms with E-state index in [4.69, 9.17) is 4.43 Å². The van der Waals surface area contributed by atoms with Crippen LogP contribution in [0.2, 0.25) is 18.1 Å². The van der Waals surface area contributed by atoms with Crippen molar-refractivity contribution in [3.63, 3.8) is 0 Å². The average molecular weight is 329 g/mol. The molecule has 0 aromatic carbocycles. The second kappa shape index (κ2) is 11.7. The molecule has 0 heterocycles. The third kappa shape index (κ3) is 10.8. The van der Waals surface area contributed by atoms with Gasteiger partial charge in [0.05, 0.1) is 0 Å². The van der Waals surface area contributed by atoms with E-state index in [2.05, 4.69) is 47.7 Å². The molecule has 0 bridgehead atoms. The fourth-order valence-electron chi connectivity index (χ4n) is 2.66. The van der Waals surface area contributed by atoms with Crippen molar-refractivity contribution in [2.45, 2.75) is 129 Å². The van der Waals surface area contributed by atoms with Crippen LogP contribution in [0, 0.1) is 0 Å². The monoisotopic (exact) mass is 328 g/mol. The topological polar surface area (TPSA) is 9.23 Å². The van der Waals surface area contributed by atoms with Gasteiger partial charge in [-0.25, -0.2) is 0 Å². The number of unbranched alkanes of at least 4 members (excludes halogenated alkanes) is 9. The smallest absolute Gasteiger partial charge is 0.192 e. The number of hydrogen-bond donors (Lipinski definition) is 0. The van der Waals surface area contributed by atoms with Crippen LogP contribution in [-0.2, 0) is 4.43 Å². The molecule has 1 nitrogen and oxygen atoms in total. The summed E-state index contributed by atoms with van der Waals surface area (Å²) >= 11 is 0. The quantitative estimate of drug-likeness (QED) is 0.248. The molecule has 22 heavy (non-hydrogen) atoms. The molecule has 0 aromatic rings. The Morgan fingerprint density at radius 1 is 0.773 bits per heavy atom. The third-order valence-electron chi connectivity index (χ3n) is 5.27. The summed E-state index contributed by atoms with van der Waals surface area (Å²) in [5.74, 6) is 0. The third-order valence-corrected chi connectivity index (χ3v) is 9.87. The molecule has 0 rings (SSSR count). The SMILES string of the molecule is CCCCCCCCCCCCC(C)O[Si](C)(C)C(C)(C)C. The molecule has 2 heteroatoms. The summed E-state index contributed by atoms with van der Waals surface area (Å²) in [6.07, 6.45) is 15.8. The molecule has 0 aromatic heterocycles. The van der Waals surface area contributed by atoms with E-state index < -0.39 is 8.32 Å². The largest absolute Gasteiger partial charge is 0.414 e. The summed E-state index contributed by atoms with van der Waals surface area (Å²) in [6.45, 7) is 16.3. The molecular weight excluding hydrogens is 284 g/mol. The van der Waals surface area contributed by atoms with Gasteiger partial charge in [-0.05, 0) is 31.5 Å². The highest BCUT2D eigenvalue weighted by atomic mass is 28.4. The molecule has 0 aliphatic rings. The first-order valence-electron chi connectivity index (χ1n) is 9.88. The maximum atomic E-state index is 6.42. The standard InChI is InChI=1S/C20H44OSi/c1-8-9-10-11-12-13-14-15-16-17-18-19(2)21-22(6,7)20(3,4)5/h19H,8-18H2,1-7H3. The summed E-state index contributed by atoms with van der Waals surface area (Å²) in [5, 5.41) is 0.332. The molecule has 0 amide bonds. The van der Waals surface area contributed by atoms with Crippen molar-refractivity contribution in [2.75, 3.05) is 0 Å². The Morgan fingerprint density at radius 2 is 1.18 bits per heavy atom. The maximum Gasteiger partial charge on any atom is 0.192 e. The Bertz CT molecular complexity index is 255. The Labute approximate surface area is 142 Å². The van der Waals surface area contributed by atoms with E-state index in [0.717, 1.165) is 0 Å². The second-order valence-electron chi connectivity index (χ2n) is 8.66. The minimum atomic E-state index is -1.57. The van der Waals surface area contributed by atoms with E-state index >= 15 is 0 Å². The molecule has 0 spiro atoms. The van der Waals surface area contributed by atoms with Crippen LogP contribution in [0.25, 0.3) is 0 Å². The molecule has 1 unspecified atom stereocenters. The van der Waals surface area contributed by atoms with Crippen LogP contribution >= 0.6 is 0 Å². The summed E-state index contributed by atoms with van der Waals surface area (Å²) in [5.41, 5.74) is 0. The van der Waals surface area contributed by atoms with Gasteiger partial charge >= 0.3 is 0 Å². The molecule has 0 saturated carbocycles. The van der Waals surface area contributed by atoms with Crippen molar-refractivity contribution in [3.8, 4) is 0 Å². The van der Waals surface area contributed by atoms with Crippen molar-refractivity contribution in [2.24, 2.45) is 0 Å². The van der Waals surface area contributed by atoms with Gasteiger partial charge in [-0.1, -0.05) is 91.9 Å². The van der Waals surface area contributed by atoms with E-state index in [1.165, 1.54) is 70.6 Å². The van der Waals surface area contributed by atoms with Crippen LogP contribution in [0.1, 0.15) is 105 Å². The lowest BCUT2D eigenvalue weighted by Gasteiger charge is -2.38. The van der Waals surface area contributed by atoms with Crippen molar-refractivity contribution in [1.29, 1.82) is 0 Å². The molecule has 0 aliphatic carbocycles. The van der Waals surface area contributed by atoms with E-state index in [9.17, 15) is 0 Å². The highest BCUT2D eigenvalue weighted by Gasteiger charge is 2.38. The zero-order chi connectivity index (χ0) is 17.1. The lowest BCUT2D eigenvalue weighted by Crippen LogP contribution is -2.43. The molecule has 0 radical (unpaired) electrons. The van der Waals surface area contributed by atoms with E-state index in [1.807, 2.05) is 0 Å². The Kier molecular flexibility index (Phi) is 11.8. The van der Waals surface area contributed by atoms with Crippen LogP contribution in [0.15, 0.2) is 0 Å². The molecular formula is C20H44OSi. The average Bonchev–Trinajstić information content (AvgIpc) is 2.39. The van der Waals surface area contributed by atoms with Crippen LogP contribution in [-0.4, -0.2) is 14.4 Å². The normalized spacial score (nSPS) is 14.3. The molecule has 0 saturated heterocycles. The first-order valence-corrected chi connectivity index (χ1v) is 12.8. The van der Waals surface area contributed by atoms with Crippen LogP contribution < -0.4 is 0 Å². The van der Waals surface area contributed by atoms with Crippen molar-refractivity contribution < 1.29 is 4.43 Å². The summed E-state index contributed by atoms with van der Waals surface area (Å²) in [4.78, 5) is 0. The van der Waals surface area contributed by atoms with Gasteiger partial charge in [-0.2, -0.15) is 0 Å². The van der Waals surface area contributed by atoms with Gasteiger partial charge in [0.25, 0.3) is 0 Å².